The molecular weight excluding hydrogens is 438 g/mol. The van der Waals surface area contributed by atoms with E-state index in [1.54, 1.807) is 0 Å². The van der Waals surface area contributed by atoms with Gasteiger partial charge in [0.05, 0.1) is 4.90 Å². The largest absolute Gasteiger partial charge is 0.744 e. The van der Waals surface area contributed by atoms with E-state index in [0.29, 0.717) is 18.2 Å². The molecule has 3 nitrogen and oxygen atoms in total. The van der Waals surface area contributed by atoms with Gasteiger partial charge in [-0.1, -0.05) is 59.3 Å². The summed E-state index contributed by atoms with van der Waals surface area (Å²) >= 11 is 0. The minimum atomic E-state index is -4.84. The first-order valence-electron chi connectivity index (χ1n) is 11.8. The van der Waals surface area contributed by atoms with Crippen molar-refractivity contribution in [1.29, 1.82) is 0 Å². The van der Waals surface area contributed by atoms with Crippen molar-refractivity contribution < 1.29 is 21.8 Å². The lowest BCUT2D eigenvalue weighted by atomic mass is 10.2. The van der Waals surface area contributed by atoms with Crippen LogP contribution in [0.25, 0.3) is 0 Å². The lowest BCUT2D eigenvalue weighted by molar-refractivity contribution is 0.453. The van der Waals surface area contributed by atoms with E-state index in [0.717, 1.165) is 10.9 Å². The quantitative estimate of drug-likeness (QED) is 0.143. The van der Waals surface area contributed by atoms with Crippen LogP contribution < -0.4 is 0 Å². The molecule has 0 aliphatic rings. The van der Waals surface area contributed by atoms with Crippen LogP contribution in [-0.2, 0) is 21.0 Å². The highest BCUT2D eigenvalue weighted by atomic mass is 32.2. The predicted molar refractivity (Wildman–Crippen MR) is 129 cm³/mol. The molecule has 0 aromatic heterocycles. The Morgan fingerprint density at radius 2 is 1.16 bits per heavy atom. The highest BCUT2D eigenvalue weighted by Crippen LogP contribution is 2.14. The fourth-order valence-corrected chi connectivity index (χ4v) is 6.16. The molecule has 1 aromatic carbocycles. The molecule has 0 bridgehead atoms. The first-order valence-corrected chi connectivity index (χ1v) is 14.9. The lowest BCUT2D eigenvalue weighted by Crippen LogP contribution is -2.16. The molecule has 7 heteroatoms. The van der Waals surface area contributed by atoms with Gasteiger partial charge in [0.2, 0.25) is 0 Å². The van der Waals surface area contributed by atoms with Gasteiger partial charge in [-0.15, -0.1) is 0 Å². The third-order valence-corrected chi connectivity index (χ3v) is 8.49. The summed E-state index contributed by atoms with van der Waals surface area (Å²) in [4.78, 5) is -1.04. The molecule has 1 aromatic rings. The number of hydrogen-bond donors (Lipinski definition) is 0. The summed E-state index contributed by atoms with van der Waals surface area (Å²) < 4.78 is 55.5. The van der Waals surface area contributed by atoms with Crippen LogP contribution in [-0.4, -0.2) is 30.2 Å². The molecule has 0 aliphatic heterocycles. The molecule has 31 heavy (non-hydrogen) atoms. The van der Waals surface area contributed by atoms with Gasteiger partial charge in [0, 0.05) is 6.07 Å². The van der Waals surface area contributed by atoms with E-state index in [-0.39, 0.29) is 0 Å². The number of halogens is 2. The highest BCUT2D eigenvalue weighted by molar-refractivity contribution is 7.96. The molecule has 0 saturated heterocycles. The van der Waals surface area contributed by atoms with Crippen molar-refractivity contribution in [3.63, 3.8) is 0 Å². The summed E-state index contributed by atoms with van der Waals surface area (Å²) in [5.74, 6) is 2.32. The summed E-state index contributed by atoms with van der Waals surface area (Å²) in [5, 5.41) is 0. The molecular formula is C24H42F2O3S2. The van der Waals surface area contributed by atoms with Gasteiger partial charge in [-0.25, -0.2) is 17.2 Å². The maximum absolute atomic E-state index is 12.5. The van der Waals surface area contributed by atoms with Gasteiger partial charge in [0.15, 0.2) is 0 Å². The Balaban J connectivity index is 0.000000639. The molecule has 0 fully saturated rings. The highest BCUT2D eigenvalue weighted by Gasteiger charge is 2.16. The topological polar surface area (TPSA) is 57.2 Å². The van der Waals surface area contributed by atoms with Crippen LogP contribution in [0.4, 0.5) is 8.78 Å². The third-order valence-electron chi connectivity index (χ3n) is 5.02. The molecule has 0 amide bonds. The minimum Gasteiger partial charge on any atom is -0.744 e. The normalized spacial score (nSPS) is 11.5. The van der Waals surface area contributed by atoms with E-state index in [9.17, 15) is 21.8 Å². The SMILES string of the molecule is CCCCCC[S+](CCCCCC)CCCCCC.O=S(=O)([O-])c1ccc(F)cc1F. The third kappa shape index (κ3) is 16.6. The number of hydrogen-bond acceptors (Lipinski definition) is 3. The molecule has 0 heterocycles. The molecule has 0 atom stereocenters. The van der Waals surface area contributed by atoms with E-state index in [1.807, 2.05) is 0 Å². The maximum Gasteiger partial charge on any atom is 0.143 e. The van der Waals surface area contributed by atoms with E-state index in [4.69, 9.17) is 0 Å². The molecule has 0 N–H and O–H groups in total. The summed E-state index contributed by atoms with van der Waals surface area (Å²) in [6, 6.07) is 1.63. The van der Waals surface area contributed by atoms with Crippen molar-refractivity contribution in [3.8, 4) is 0 Å². The van der Waals surface area contributed by atoms with Crippen LogP contribution in [0.2, 0.25) is 0 Å². The zero-order valence-electron chi connectivity index (χ0n) is 19.6. The predicted octanol–water partition coefficient (Wildman–Crippen LogP) is 7.21. The minimum absolute atomic E-state index is 0.338. The van der Waals surface area contributed by atoms with Crippen molar-refractivity contribution in [2.75, 3.05) is 17.3 Å². The van der Waals surface area contributed by atoms with Crippen LogP contribution in [0.1, 0.15) is 97.8 Å². The van der Waals surface area contributed by atoms with Crippen LogP contribution in [0.3, 0.4) is 0 Å². The van der Waals surface area contributed by atoms with Crippen LogP contribution in [0, 0.1) is 11.6 Å². The Morgan fingerprint density at radius 1 is 0.742 bits per heavy atom. The average molecular weight is 481 g/mol. The molecule has 0 unspecified atom stereocenters. The lowest BCUT2D eigenvalue weighted by Gasteiger charge is -2.09. The van der Waals surface area contributed by atoms with Gasteiger partial charge in [-0.05, 0) is 61.6 Å². The monoisotopic (exact) mass is 480 g/mol. The first-order chi connectivity index (χ1) is 14.8. The molecule has 182 valence electrons. The van der Waals surface area contributed by atoms with Crippen molar-refractivity contribution in [1.82, 2.24) is 0 Å². The second kappa shape index (κ2) is 18.9. The van der Waals surface area contributed by atoms with Gasteiger partial charge in [-0.3, -0.25) is 0 Å². The molecule has 0 saturated carbocycles. The van der Waals surface area contributed by atoms with Crippen molar-refractivity contribution in [3.05, 3.63) is 29.8 Å². The molecule has 0 spiro atoms. The summed E-state index contributed by atoms with van der Waals surface area (Å²) in [6.45, 7) is 6.94. The van der Waals surface area contributed by atoms with E-state index in [2.05, 4.69) is 20.8 Å². The van der Waals surface area contributed by atoms with Gasteiger partial charge in [0.25, 0.3) is 0 Å². The Morgan fingerprint density at radius 3 is 1.48 bits per heavy atom. The standard InChI is InChI=1S/C18H39S.C6H4F2O3S/c1-4-7-10-13-16-19(17-14-11-8-5-2)18-15-12-9-6-3;7-4-1-2-6(5(8)3-4)12(9,10)11/h4-18H2,1-3H3;1-3H,(H,9,10,11)/q+1;/p-1. The fraction of sp³-hybridized carbons (Fsp3) is 0.750. The second-order valence-corrected chi connectivity index (χ2v) is 11.7. The van der Waals surface area contributed by atoms with Gasteiger partial charge in [-0.2, -0.15) is 0 Å². The number of unbranched alkanes of at least 4 members (excludes halogenated alkanes) is 9. The zero-order valence-corrected chi connectivity index (χ0v) is 21.3. The maximum atomic E-state index is 12.5. The zero-order chi connectivity index (χ0) is 23.5. The fourth-order valence-electron chi connectivity index (χ4n) is 3.18. The molecule has 0 radical (unpaired) electrons. The van der Waals surface area contributed by atoms with Gasteiger partial charge in [0.1, 0.15) is 39.0 Å². The van der Waals surface area contributed by atoms with Crippen LogP contribution >= 0.6 is 0 Å². The molecule has 1 rings (SSSR count). The van der Waals surface area contributed by atoms with E-state index >= 15 is 0 Å². The summed E-state index contributed by atoms with van der Waals surface area (Å²) in [7, 11) is -4.08. The summed E-state index contributed by atoms with van der Waals surface area (Å²) in [6.07, 6.45) is 17.4. The van der Waals surface area contributed by atoms with Crippen molar-refractivity contribution >= 4 is 21.0 Å². The molecule has 0 aliphatic carbocycles. The summed E-state index contributed by atoms with van der Waals surface area (Å²) in [5.41, 5.74) is 0. The Hall–Kier alpha value is -0.660. The average Bonchev–Trinajstić information content (AvgIpc) is 2.70. The Bertz CT molecular complexity index is 638. The van der Waals surface area contributed by atoms with Crippen LogP contribution in [0.15, 0.2) is 23.1 Å². The first kappa shape index (κ1) is 30.3. The smallest absolute Gasteiger partial charge is 0.143 e. The van der Waals surface area contributed by atoms with Crippen LogP contribution in [0.5, 0.6) is 0 Å². The Kier molecular flexibility index (Phi) is 18.5. The van der Waals surface area contributed by atoms with Crippen molar-refractivity contribution in [2.45, 2.75) is 103 Å². The van der Waals surface area contributed by atoms with Gasteiger partial charge < -0.3 is 4.55 Å². The number of benzene rings is 1. The van der Waals surface area contributed by atoms with Gasteiger partial charge >= 0.3 is 0 Å². The number of rotatable bonds is 16. The van der Waals surface area contributed by atoms with E-state index < -0.39 is 26.6 Å². The Labute approximate surface area is 192 Å². The van der Waals surface area contributed by atoms with E-state index in [1.165, 1.54) is 94.3 Å². The second-order valence-electron chi connectivity index (χ2n) is 7.94. The van der Waals surface area contributed by atoms with Crippen molar-refractivity contribution in [2.24, 2.45) is 0 Å².